The summed E-state index contributed by atoms with van der Waals surface area (Å²) in [5.41, 5.74) is 3.09. The molecule has 2 rings (SSSR count). The van der Waals surface area contributed by atoms with Gasteiger partial charge < -0.3 is 10.1 Å². The zero-order chi connectivity index (χ0) is 11.4. The summed E-state index contributed by atoms with van der Waals surface area (Å²) < 4.78 is 0. The van der Waals surface area contributed by atoms with E-state index in [9.17, 15) is 4.79 Å². The third-order valence-electron chi connectivity index (χ3n) is 2.60. The maximum atomic E-state index is 11.2. The number of para-hydroxylation sites is 1. The Hall–Kier alpha value is -1.61. The van der Waals surface area contributed by atoms with Crippen LogP contribution in [-0.2, 0) is 4.79 Å². The van der Waals surface area contributed by atoms with Gasteiger partial charge >= 0.3 is 0 Å². The summed E-state index contributed by atoms with van der Waals surface area (Å²) in [4.78, 5) is 11.2. The Morgan fingerprint density at radius 2 is 2.12 bits per heavy atom. The minimum atomic E-state index is -0.171. The van der Waals surface area contributed by atoms with Crippen LogP contribution in [0.2, 0.25) is 0 Å². The first-order chi connectivity index (χ1) is 7.86. The first-order valence-corrected chi connectivity index (χ1v) is 6.05. The minimum absolute atomic E-state index is 0.171. The van der Waals surface area contributed by atoms with E-state index in [1.807, 2.05) is 48.1 Å². The third kappa shape index (κ3) is 1.99. The van der Waals surface area contributed by atoms with Crippen LogP contribution in [0.1, 0.15) is 17.0 Å². The fraction of sp³-hybridized carbons (Fsp3) is 0.154. The maximum absolute atomic E-state index is 11.2. The van der Waals surface area contributed by atoms with E-state index in [2.05, 4.69) is 5.32 Å². The highest BCUT2D eigenvalue weighted by Gasteiger charge is 2.16. The topological polar surface area (TPSA) is 29.1 Å². The number of rotatable bonds is 4. The van der Waals surface area contributed by atoms with Crippen molar-refractivity contribution in [2.75, 3.05) is 12.4 Å². The molecule has 0 aliphatic heterocycles. The van der Waals surface area contributed by atoms with Gasteiger partial charge in [-0.2, -0.15) is 11.3 Å². The zero-order valence-corrected chi connectivity index (χ0v) is 9.83. The van der Waals surface area contributed by atoms with E-state index in [1.54, 1.807) is 11.3 Å². The summed E-state index contributed by atoms with van der Waals surface area (Å²) in [6.45, 7) is 0. The number of hydrogen-bond acceptors (Lipinski definition) is 3. The lowest BCUT2D eigenvalue weighted by Gasteiger charge is -2.14. The van der Waals surface area contributed by atoms with Crippen molar-refractivity contribution in [2.45, 2.75) is 5.92 Å². The highest BCUT2D eigenvalue weighted by atomic mass is 32.1. The first kappa shape index (κ1) is 10.9. The summed E-state index contributed by atoms with van der Waals surface area (Å²) in [6, 6.07) is 9.89. The van der Waals surface area contributed by atoms with Crippen molar-refractivity contribution in [3.63, 3.8) is 0 Å². The van der Waals surface area contributed by atoms with Gasteiger partial charge in [-0.25, -0.2) is 0 Å². The molecule has 1 unspecified atom stereocenters. The van der Waals surface area contributed by atoms with Crippen LogP contribution in [-0.4, -0.2) is 13.3 Å². The molecule has 1 atom stereocenters. The van der Waals surface area contributed by atoms with Crippen molar-refractivity contribution in [1.29, 1.82) is 0 Å². The number of benzene rings is 1. The van der Waals surface area contributed by atoms with E-state index in [0.717, 1.165) is 23.1 Å². The summed E-state index contributed by atoms with van der Waals surface area (Å²) in [7, 11) is 1.87. The molecule has 0 radical (unpaired) electrons. The monoisotopic (exact) mass is 231 g/mol. The molecule has 82 valence electrons. The Morgan fingerprint density at radius 3 is 2.75 bits per heavy atom. The molecule has 1 aromatic carbocycles. The van der Waals surface area contributed by atoms with Crippen molar-refractivity contribution in [3.05, 3.63) is 52.2 Å². The number of aldehydes is 1. The Kier molecular flexibility index (Phi) is 3.37. The average Bonchev–Trinajstić information content (AvgIpc) is 2.84. The quantitative estimate of drug-likeness (QED) is 0.819. The van der Waals surface area contributed by atoms with E-state index in [4.69, 9.17) is 0 Å². The van der Waals surface area contributed by atoms with E-state index >= 15 is 0 Å². The summed E-state index contributed by atoms with van der Waals surface area (Å²) in [6.07, 6.45) is 0.998. The second-order valence-corrected chi connectivity index (χ2v) is 4.29. The summed E-state index contributed by atoms with van der Waals surface area (Å²) in [5, 5.41) is 7.13. The number of carbonyl (C=O) groups excluding carboxylic acids is 1. The molecule has 3 heteroatoms. The standard InChI is InChI=1S/C13H13NOS/c1-14-13-5-3-2-4-11(13)12(8-15)10-6-7-16-9-10/h2-9,12,14H,1H3. The number of thiophene rings is 1. The molecule has 0 amide bonds. The van der Waals surface area contributed by atoms with Crippen LogP contribution >= 0.6 is 11.3 Å². The van der Waals surface area contributed by atoms with E-state index in [-0.39, 0.29) is 5.92 Å². The number of anilines is 1. The van der Waals surface area contributed by atoms with E-state index in [0.29, 0.717) is 0 Å². The predicted octanol–water partition coefficient (Wildman–Crippen LogP) is 3.12. The van der Waals surface area contributed by atoms with Gasteiger partial charge in [0.1, 0.15) is 6.29 Å². The average molecular weight is 231 g/mol. The first-order valence-electron chi connectivity index (χ1n) is 5.11. The molecule has 1 aromatic heterocycles. The van der Waals surface area contributed by atoms with E-state index in [1.165, 1.54) is 0 Å². The lowest BCUT2D eigenvalue weighted by atomic mass is 9.93. The molecule has 0 saturated heterocycles. The van der Waals surface area contributed by atoms with Crippen molar-refractivity contribution < 1.29 is 4.79 Å². The Balaban J connectivity index is 2.45. The molecule has 2 aromatic rings. The second-order valence-electron chi connectivity index (χ2n) is 3.51. The van der Waals surface area contributed by atoms with Gasteiger partial charge in [0.05, 0.1) is 5.92 Å². The van der Waals surface area contributed by atoms with E-state index < -0.39 is 0 Å². The lowest BCUT2D eigenvalue weighted by Crippen LogP contribution is -2.04. The van der Waals surface area contributed by atoms with Crippen molar-refractivity contribution in [1.82, 2.24) is 0 Å². The lowest BCUT2D eigenvalue weighted by molar-refractivity contribution is -0.108. The van der Waals surface area contributed by atoms with Gasteiger partial charge in [-0.3, -0.25) is 0 Å². The third-order valence-corrected chi connectivity index (χ3v) is 3.31. The van der Waals surface area contributed by atoms with Gasteiger partial charge in [0, 0.05) is 12.7 Å². The highest BCUT2D eigenvalue weighted by Crippen LogP contribution is 2.29. The van der Waals surface area contributed by atoms with Crippen LogP contribution in [0.5, 0.6) is 0 Å². The van der Waals surface area contributed by atoms with Crippen LogP contribution in [0.4, 0.5) is 5.69 Å². The smallest absolute Gasteiger partial charge is 0.131 e. The number of carbonyl (C=O) groups is 1. The van der Waals surface area contributed by atoms with Crippen molar-refractivity contribution in [3.8, 4) is 0 Å². The second kappa shape index (κ2) is 4.94. The Labute approximate surface area is 98.9 Å². The van der Waals surface area contributed by atoms with Crippen LogP contribution in [0.3, 0.4) is 0 Å². The molecule has 0 spiro atoms. The predicted molar refractivity (Wildman–Crippen MR) is 68.2 cm³/mol. The van der Waals surface area contributed by atoms with Crippen molar-refractivity contribution >= 4 is 23.3 Å². The molecule has 0 saturated carbocycles. The molecule has 1 heterocycles. The van der Waals surface area contributed by atoms with Gasteiger partial charge in [-0.1, -0.05) is 18.2 Å². The van der Waals surface area contributed by atoms with Gasteiger partial charge in [0.25, 0.3) is 0 Å². The van der Waals surface area contributed by atoms with Crippen LogP contribution in [0.25, 0.3) is 0 Å². The maximum Gasteiger partial charge on any atom is 0.131 e. The molecule has 0 fully saturated rings. The van der Waals surface area contributed by atoms with Gasteiger partial charge in [0.15, 0.2) is 0 Å². The number of nitrogens with one attached hydrogen (secondary N) is 1. The summed E-state index contributed by atoms with van der Waals surface area (Å²) >= 11 is 1.61. The molecule has 16 heavy (non-hydrogen) atoms. The van der Waals surface area contributed by atoms with Gasteiger partial charge in [-0.15, -0.1) is 0 Å². The fourth-order valence-electron chi connectivity index (χ4n) is 1.78. The minimum Gasteiger partial charge on any atom is -0.388 e. The van der Waals surface area contributed by atoms with Gasteiger partial charge in [-0.05, 0) is 34.0 Å². The van der Waals surface area contributed by atoms with Crippen LogP contribution in [0.15, 0.2) is 41.1 Å². The number of hydrogen-bond donors (Lipinski definition) is 1. The molecule has 0 bridgehead atoms. The SMILES string of the molecule is CNc1ccccc1C(C=O)c1ccsc1. The molecular weight excluding hydrogens is 218 g/mol. The Bertz CT molecular complexity index is 465. The summed E-state index contributed by atoms with van der Waals surface area (Å²) in [5.74, 6) is -0.171. The highest BCUT2D eigenvalue weighted by molar-refractivity contribution is 7.08. The largest absolute Gasteiger partial charge is 0.388 e. The van der Waals surface area contributed by atoms with Crippen LogP contribution < -0.4 is 5.32 Å². The zero-order valence-electron chi connectivity index (χ0n) is 9.01. The van der Waals surface area contributed by atoms with Crippen molar-refractivity contribution in [2.24, 2.45) is 0 Å². The molecule has 0 aliphatic rings. The molecule has 1 N–H and O–H groups in total. The van der Waals surface area contributed by atoms with Crippen LogP contribution in [0, 0.1) is 0 Å². The molecule has 2 nitrogen and oxygen atoms in total. The fourth-order valence-corrected chi connectivity index (χ4v) is 2.48. The van der Waals surface area contributed by atoms with Gasteiger partial charge in [0.2, 0.25) is 0 Å². The molecular formula is C13H13NOS. The molecule has 0 aliphatic carbocycles. The normalized spacial score (nSPS) is 12.1. The Morgan fingerprint density at radius 1 is 1.31 bits per heavy atom.